The van der Waals surface area contributed by atoms with Gasteiger partial charge in [0.05, 0.1) is 0 Å². The Balaban J connectivity index is 1.93. The number of nitrogens with zero attached hydrogens (tertiary/aromatic N) is 1. The van der Waals surface area contributed by atoms with Gasteiger partial charge in [-0.3, -0.25) is 4.90 Å². The van der Waals surface area contributed by atoms with Crippen LogP contribution in [-0.2, 0) is 0 Å². The van der Waals surface area contributed by atoms with E-state index in [0.717, 1.165) is 6.04 Å². The lowest BCUT2D eigenvalue weighted by molar-refractivity contribution is -0.0881. The highest BCUT2D eigenvalue weighted by Gasteiger charge is 2.51. The van der Waals surface area contributed by atoms with Crippen molar-refractivity contribution in [3.63, 3.8) is 0 Å². The lowest BCUT2D eigenvalue weighted by atomic mass is 9.72. The van der Waals surface area contributed by atoms with Crippen LogP contribution in [0.15, 0.2) is 0 Å². The molecule has 4 aliphatic heterocycles. The first-order valence-electron chi connectivity index (χ1n) is 4.38. The van der Waals surface area contributed by atoms with Crippen LogP contribution in [0.3, 0.4) is 0 Å². The van der Waals surface area contributed by atoms with E-state index in [0.29, 0.717) is 5.54 Å². The first-order valence-corrected chi connectivity index (χ1v) is 4.38. The minimum absolute atomic E-state index is 0.648. The Morgan fingerprint density at radius 1 is 1.40 bits per heavy atom. The summed E-state index contributed by atoms with van der Waals surface area (Å²) in [7, 11) is 0. The summed E-state index contributed by atoms with van der Waals surface area (Å²) in [5.74, 6) is 0. The number of piperazine rings is 1. The summed E-state index contributed by atoms with van der Waals surface area (Å²) < 4.78 is 0. The smallest absolute Gasteiger partial charge is 0.0347 e. The molecule has 0 saturated carbocycles. The third-order valence-corrected chi connectivity index (χ3v) is 3.64. The number of rotatable bonds is 0. The monoisotopic (exact) mass is 138 g/mol. The average molecular weight is 138 g/mol. The lowest BCUT2D eigenvalue weighted by Gasteiger charge is -2.62. The molecule has 4 saturated heterocycles. The molecule has 2 heteroatoms. The van der Waals surface area contributed by atoms with Crippen LogP contribution < -0.4 is 5.32 Å². The summed E-state index contributed by atoms with van der Waals surface area (Å²) in [6.45, 7) is 3.98. The van der Waals surface area contributed by atoms with Crippen LogP contribution in [0.25, 0.3) is 0 Å². The topological polar surface area (TPSA) is 15.3 Å². The Labute approximate surface area is 61.6 Å². The fourth-order valence-electron chi connectivity index (χ4n) is 2.74. The van der Waals surface area contributed by atoms with E-state index < -0.39 is 0 Å². The van der Waals surface area contributed by atoms with E-state index in [9.17, 15) is 0 Å². The summed E-state index contributed by atoms with van der Waals surface area (Å²) in [6, 6.07) is 0.835. The van der Waals surface area contributed by atoms with Crippen molar-refractivity contribution in [3.8, 4) is 0 Å². The van der Waals surface area contributed by atoms with Gasteiger partial charge in [-0.15, -0.1) is 0 Å². The maximum absolute atomic E-state index is 3.60. The minimum Gasteiger partial charge on any atom is -0.311 e. The van der Waals surface area contributed by atoms with Crippen molar-refractivity contribution in [1.82, 2.24) is 10.2 Å². The maximum atomic E-state index is 3.60. The van der Waals surface area contributed by atoms with E-state index in [1.807, 2.05) is 0 Å². The first kappa shape index (κ1) is 5.56. The zero-order chi connectivity index (χ0) is 6.60. The fraction of sp³-hybridized carbons (Fsp3) is 1.00. The quantitative estimate of drug-likeness (QED) is 0.514. The Kier molecular flexibility index (Phi) is 0.868. The van der Waals surface area contributed by atoms with Gasteiger partial charge in [0, 0.05) is 31.2 Å². The Bertz CT molecular complexity index is 159. The molecule has 2 nitrogen and oxygen atoms in total. The van der Waals surface area contributed by atoms with Gasteiger partial charge < -0.3 is 5.32 Å². The first-order chi connectivity index (χ1) is 4.89. The van der Waals surface area contributed by atoms with Crippen molar-refractivity contribution in [2.24, 2.45) is 0 Å². The number of hydrogen-bond donors (Lipinski definition) is 1. The SMILES string of the molecule is C1CC23CCN2CC1NC3. The predicted octanol–water partition coefficient (Wildman–Crippen LogP) is 0.196. The van der Waals surface area contributed by atoms with Gasteiger partial charge in [0.25, 0.3) is 0 Å². The second-order valence-electron chi connectivity index (χ2n) is 4.04. The van der Waals surface area contributed by atoms with Crippen molar-refractivity contribution in [1.29, 1.82) is 0 Å². The minimum atomic E-state index is 0.648. The number of fused-ring (bicyclic) bond motifs is 2. The second-order valence-corrected chi connectivity index (χ2v) is 4.04. The van der Waals surface area contributed by atoms with Gasteiger partial charge in [-0.1, -0.05) is 0 Å². The molecule has 1 spiro atoms. The third kappa shape index (κ3) is 0.487. The molecular weight excluding hydrogens is 124 g/mol. The number of nitrogens with one attached hydrogen (secondary N) is 1. The zero-order valence-corrected chi connectivity index (χ0v) is 6.27. The molecule has 0 amide bonds. The van der Waals surface area contributed by atoms with Crippen LogP contribution in [-0.4, -0.2) is 36.1 Å². The average Bonchev–Trinajstić information content (AvgIpc) is 1.97. The van der Waals surface area contributed by atoms with Crippen molar-refractivity contribution < 1.29 is 0 Å². The molecular formula is C8H14N2. The lowest BCUT2D eigenvalue weighted by Crippen LogP contribution is -2.75. The zero-order valence-electron chi connectivity index (χ0n) is 6.27. The van der Waals surface area contributed by atoms with E-state index in [-0.39, 0.29) is 0 Å². The molecule has 0 aliphatic carbocycles. The Morgan fingerprint density at radius 3 is 2.70 bits per heavy atom. The summed E-state index contributed by atoms with van der Waals surface area (Å²) in [5.41, 5.74) is 0.648. The van der Waals surface area contributed by atoms with Crippen molar-refractivity contribution in [2.75, 3.05) is 19.6 Å². The van der Waals surface area contributed by atoms with E-state index >= 15 is 0 Å². The highest BCUT2D eigenvalue weighted by Crippen LogP contribution is 2.41. The molecule has 0 radical (unpaired) electrons. The summed E-state index contributed by atoms with van der Waals surface area (Å²) in [5, 5.41) is 3.60. The van der Waals surface area contributed by atoms with Crippen molar-refractivity contribution in [2.45, 2.75) is 30.8 Å². The van der Waals surface area contributed by atoms with Gasteiger partial charge in [0.1, 0.15) is 0 Å². The van der Waals surface area contributed by atoms with Gasteiger partial charge in [-0.2, -0.15) is 0 Å². The predicted molar refractivity (Wildman–Crippen MR) is 39.9 cm³/mol. The van der Waals surface area contributed by atoms with Gasteiger partial charge in [-0.25, -0.2) is 0 Å². The van der Waals surface area contributed by atoms with Crippen LogP contribution in [0.1, 0.15) is 19.3 Å². The van der Waals surface area contributed by atoms with Crippen LogP contribution in [0, 0.1) is 0 Å². The molecule has 0 aromatic heterocycles. The molecule has 0 aromatic carbocycles. The third-order valence-electron chi connectivity index (χ3n) is 3.64. The fourth-order valence-corrected chi connectivity index (χ4v) is 2.74. The summed E-state index contributed by atoms with van der Waals surface area (Å²) in [4.78, 5) is 2.68. The molecule has 1 N–H and O–H groups in total. The van der Waals surface area contributed by atoms with E-state index in [1.165, 1.54) is 38.9 Å². The molecule has 56 valence electrons. The van der Waals surface area contributed by atoms with Gasteiger partial charge in [-0.05, 0) is 19.3 Å². The summed E-state index contributed by atoms with van der Waals surface area (Å²) >= 11 is 0. The van der Waals surface area contributed by atoms with Gasteiger partial charge in [0.15, 0.2) is 0 Å². The Morgan fingerprint density at radius 2 is 2.40 bits per heavy atom. The van der Waals surface area contributed by atoms with Gasteiger partial charge in [0.2, 0.25) is 0 Å². The molecule has 2 atom stereocenters. The van der Waals surface area contributed by atoms with E-state index in [4.69, 9.17) is 0 Å². The highest BCUT2D eigenvalue weighted by molar-refractivity contribution is 5.10. The van der Waals surface area contributed by atoms with Crippen molar-refractivity contribution >= 4 is 0 Å². The molecule has 4 fully saturated rings. The van der Waals surface area contributed by atoms with E-state index in [2.05, 4.69) is 10.2 Å². The van der Waals surface area contributed by atoms with Gasteiger partial charge >= 0.3 is 0 Å². The molecule has 2 unspecified atom stereocenters. The molecule has 4 aliphatic rings. The van der Waals surface area contributed by atoms with Crippen LogP contribution >= 0.6 is 0 Å². The normalized spacial score (nSPS) is 52.2. The highest BCUT2D eigenvalue weighted by atomic mass is 15.3. The molecule has 10 heavy (non-hydrogen) atoms. The van der Waals surface area contributed by atoms with Crippen LogP contribution in [0.4, 0.5) is 0 Å². The van der Waals surface area contributed by atoms with Crippen LogP contribution in [0.2, 0.25) is 0 Å². The largest absolute Gasteiger partial charge is 0.311 e. The Hall–Kier alpha value is -0.0800. The number of hydrogen-bond acceptors (Lipinski definition) is 2. The molecule has 0 aromatic rings. The molecule has 2 bridgehead atoms. The van der Waals surface area contributed by atoms with Crippen LogP contribution in [0.5, 0.6) is 0 Å². The maximum Gasteiger partial charge on any atom is 0.0347 e. The van der Waals surface area contributed by atoms with E-state index in [1.54, 1.807) is 0 Å². The van der Waals surface area contributed by atoms with Crippen molar-refractivity contribution in [3.05, 3.63) is 0 Å². The second kappa shape index (κ2) is 1.56. The molecule has 4 rings (SSSR count). The number of piperidine rings is 2. The molecule has 4 heterocycles. The standard InChI is InChI=1S/C8H14N2/c1-2-8-3-4-10(8)5-7(1)9-6-8/h7,9H,1-6H2. The summed E-state index contributed by atoms with van der Waals surface area (Å²) in [6.07, 6.45) is 4.34.